The van der Waals surface area contributed by atoms with Crippen molar-refractivity contribution >= 4 is 11.8 Å². The van der Waals surface area contributed by atoms with Crippen LogP contribution in [0.3, 0.4) is 0 Å². The molecule has 0 saturated carbocycles. The highest BCUT2D eigenvalue weighted by atomic mass is 32.2. The first-order valence-electron chi connectivity index (χ1n) is 6.80. The summed E-state index contributed by atoms with van der Waals surface area (Å²) in [5.41, 5.74) is 1.90. The highest BCUT2D eigenvalue weighted by Gasteiger charge is 2.05. The van der Waals surface area contributed by atoms with Gasteiger partial charge in [-0.25, -0.2) is 0 Å². The molecular formula is C17H18N2S. The number of hydrogen-bond donors (Lipinski definition) is 1. The van der Waals surface area contributed by atoms with Gasteiger partial charge in [-0.05, 0) is 42.8 Å². The standard InChI is InChI=1S/C17H18N2S/c1-2-10-19-13-14-8-9-17(15(11-14)12-18)20-16-6-4-3-5-7-16/h3-9,11,19H,2,10,13H2,1H3. The SMILES string of the molecule is CCCNCc1ccc(Sc2ccccc2)c(C#N)c1. The van der Waals surface area contributed by atoms with E-state index >= 15 is 0 Å². The summed E-state index contributed by atoms with van der Waals surface area (Å²) in [4.78, 5) is 2.17. The van der Waals surface area contributed by atoms with Gasteiger partial charge in [0.25, 0.3) is 0 Å². The fourth-order valence-electron chi connectivity index (χ4n) is 1.89. The van der Waals surface area contributed by atoms with Crippen LogP contribution >= 0.6 is 11.8 Å². The largest absolute Gasteiger partial charge is 0.313 e. The van der Waals surface area contributed by atoms with Crippen molar-refractivity contribution in [3.63, 3.8) is 0 Å². The summed E-state index contributed by atoms with van der Waals surface area (Å²) in [7, 11) is 0. The average Bonchev–Trinajstić information content (AvgIpc) is 2.50. The lowest BCUT2D eigenvalue weighted by atomic mass is 10.1. The molecule has 0 saturated heterocycles. The topological polar surface area (TPSA) is 35.8 Å². The highest BCUT2D eigenvalue weighted by molar-refractivity contribution is 7.99. The maximum Gasteiger partial charge on any atom is 0.100 e. The van der Waals surface area contributed by atoms with Crippen LogP contribution in [-0.2, 0) is 6.54 Å². The smallest absolute Gasteiger partial charge is 0.100 e. The van der Waals surface area contributed by atoms with Gasteiger partial charge in [-0.1, -0.05) is 43.0 Å². The lowest BCUT2D eigenvalue weighted by molar-refractivity contribution is 0.675. The molecule has 2 aromatic carbocycles. The van der Waals surface area contributed by atoms with Crippen LogP contribution in [0.5, 0.6) is 0 Å². The molecule has 20 heavy (non-hydrogen) atoms. The number of hydrogen-bond acceptors (Lipinski definition) is 3. The first-order valence-corrected chi connectivity index (χ1v) is 7.61. The molecule has 0 aliphatic carbocycles. The lowest BCUT2D eigenvalue weighted by Gasteiger charge is -2.07. The van der Waals surface area contributed by atoms with E-state index < -0.39 is 0 Å². The van der Waals surface area contributed by atoms with Gasteiger partial charge >= 0.3 is 0 Å². The summed E-state index contributed by atoms with van der Waals surface area (Å²) in [6.45, 7) is 3.97. The van der Waals surface area contributed by atoms with E-state index in [4.69, 9.17) is 0 Å². The van der Waals surface area contributed by atoms with Gasteiger partial charge in [0, 0.05) is 16.3 Å². The summed E-state index contributed by atoms with van der Waals surface area (Å²) >= 11 is 1.63. The van der Waals surface area contributed by atoms with Crippen molar-refractivity contribution in [2.75, 3.05) is 6.54 Å². The predicted molar refractivity (Wildman–Crippen MR) is 83.7 cm³/mol. The molecule has 2 aromatic rings. The lowest BCUT2D eigenvalue weighted by Crippen LogP contribution is -2.13. The maximum absolute atomic E-state index is 9.31. The first-order chi connectivity index (χ1) is 9.83. The van der Waals surface area contributed by atoms with Gasteiger partial charge in [0.05, 0.1) is 5.56 Å². The minimum Gasteiger partial charge on any atom is -0.313 e. The Morgan fingerprint density at radius 1 is 1.15 bits per heavy atom. The molecule has 0 aliphatic heterocycles. The molecular weight excluding hydrogens is 264 g/mol. The summed E-state index contributed by atoms with van der Waals surface area (Å²) in [6.07, 6.45) is 1.12. The molecule has 102 valence electrons. The minimum absolute atomic E-state index is 0.745. The number of rotatable bonds is 6. The fourth-order valence-corrected chi connectivity index (χ4v) is 2.79. The van der Waals surface area contributed by atoms with Crippen molar-refractivity contribution in [3.05, 3.63) is 59.7 Å². The highest BCUT2D eigenvalue weighted by Crippen LogP contribution is 2.30. The second-order valence-electron chi connectivity index (χ2n) is 4.53. The molecule has 0 heterocycles. The Bertz CT molecular complexity index is 588. The van der Waals surface area contributed by atoms with E-state index in [1.807, 2.05) is 30.3 Å². The molecule has 0 fully saturated rings. The van der Waals surface area contributed by atoms with E-state index in [-0.39, 0.29) is 0 Å². The van der Waals surface area contributed by atoms with Crippen LogP contribution in [0, 0.1) is 11.3 Å². The molecule has 0 aromatic heterocycles. The fraction of sp³-hybridized carbons (Fsp3) is 0.235. The van der Waals surface area contributed by atoms with Gasteiger partial charge in [-0.15, -0.1) is 0 Å². The normalized spacial score (nSPS) is 10.2. The average molecular weight is 282 g/mol. The molecule has 0 spiro atoms. The Morgan fingerprint density at radius 3 is 2.65 bits per heavy atom. The van der Waals surface area contributed by atoms with Gasteiger partial charge < -0.3 is 5.32 Å². The Morgan fingerprint density at radius 2 is 1.95 bits per heavy atom. The Kier molecular flexibility index (Phi) is 5.67. The monoisotopic (exact) mass is 282 g/mol. The van der Waals surface area contributed by atoms with Crippen LogP contribution in [0.1, 0.15) is 24.5 Å². The van der Waals surface area contributed by atoms with E-state index in [1.165, 1.54) is 0 Å². The summed E-state index contributed by atoms with van der Waals surface area (Å²) < 4.78 is 0. The first kappa shape index (κ1) is 14.6. The Balaban J connectivity index is 2.12. The molecule has 3 heteroatoms. The molecule has 2 rings (SSSR count). The Labute approximate surface area is 124 Å². The van der Waals surface area contributed by atoms with Crippen LogP contribution < -0.4 is 5.32 Å². The van der Waals surface area contributed by atoms with Gasteiger partial charge in [0.2, 0.25) is 0 Å². The van der Waals surface area contributed by atoms with Crippen LogP contribution in [0.2, 0.25) is 0 Å². The van der Waals surface area contributed by atoms with E-state index in [0.717, 1.165) is 40.4 Å². The van der Waals surface area contributed by atoms with E-state index in [1.54, 1.807) is 11.8 Å². The van der Waals surface area contributed by atoms with Crippen molar-refractivity contribution < 1.29 is 0 Å². The zero-order valence-corrected chi connectivity index (χ0v) is 12.4. The molecule has 1 N–H and O–H groups in total. The minimum atomic E-state index is 0.745. The second-order valence-corrected chi connectivity index (χ2v) is 5.65. The molecule has 0 unspecified atom stereocenters. The summed E-state index contributed by atoms with van der Waals surface area (Å²) in [5.74, 6) is 0. The maximum atomic E-state index is 9.31. The molecule has 0 radical (unpaired) electrons. The van der Waals surface area contributed by atoms with Crippen molar-refractivity contribution in [3.8, 4) is 6.07 Å². The summed E-state index contributed by atoms with van der Waals surface area (Å²) in [6, 6.07) is 18.5. The third kappa shape index (κ3) is 4.12. The molecule has 0 amide bonds. The van der Waals surface area contributed by atoms with E-state index in [0.29, 0.717) is 0 Å². The van der Waals surface area contributed by atoms with Crippen LogP contribution in [-0.4, -0.2) is 6.54 Å². The zero-order valence-electron chi connectivity index (χ0n) is 11.6. The molecule has 0 bridgehead atoms. The molecule has 0 aliphatic rings. The second kappa shape index (κ2) is 7.74. The van der Waals surface area contributed by atoms with Gasteiger partial charge in [0.1, 0.15) is 6.07 Å². The zero-order chi connectivity index (χ0) is 14.2. The number of nitrogens with one attached hydrogen (secondary N) is 1. The third-order valence-electron chi connectivity index (χ3n) is 2.89. The quantitative estimate of drug-likeness (QED) is 0.806. The van der Waals surface area contributed by atoms with Crippen molar-refractivity contribution in [2.45, 2.75) is 29.7 Å². The third-order valence-corrected chi connectivity index (χ3v) is 3.98. The van der Waals surface area contributed by atoms with E-state index in [9.17, 15) is 5.26 Å². The molecule has 0 atom stereocenters. The predicted octanol–water partition coefficient (Wildman–Crippen LogP) is 4.21. The van der Waals surface area contributed by atoms with Crippen molar-refractivity contribution in [1.29, 1.82) is 5.26 Å². The van der Waals surface area contributed by atoms with Crippen LogP contribution in [0.4, 0.5) is 0 Å². The van der Waals surface area contributed by atoms with Gasteiger partial charge in [-0.3, -0.25) is 0 Å². The summed E-state index contributed by atoms with van der Waals surface area (Å²) in [5, 5.41) is 12.7. The molecule has 2 nitrogen and oxygen atoms in total. The van der Waals surface area contributed by atoms with Crippen molar-refractivity contribution in [1.82, 2.24) is 5.32 Å². The number of nitriles is 1. The van der Waals surface area contributed by atoms with Crippen molar-refractivity contribution in [2.24, 2.45) is 0 Å². The van der Waals surface area contributed by atoms with Crippen LogP contribution in [0.15, 0.2) is 58.3 Å². The van der Waals surface area contributed by atoms with Crippen LogP contribution in [0.25, 0.3) is 0 Å². The number of nitrogens with zero attached hydrogens (tertiary/aromatic N) is 1. The van der Waals surface area contributed by atoms with E-state index in [2.05, 4.69) is 36.5 Å². The van der Waals surface area contributed by atoms with Gasteiger partial charge in [0.15, 0.2) is 0 Å². The number of benzene rings is 2. The Hall–Kier alpha value is -1.76. The van der Waals surface area contributed by atoms with Gasteiger partial charge in [-0.2, -0.15) is 5.26 Å².